The molecule has 0 heterocycles. The highest BCUT2D eigenvalue weighted by molar-refractivity contribution is 5.74. The maximum absolute atomic E-state index is 12.5. The van der Waals surface area contributed by atoms with Crippen molar-refractivity contribution in [1.82, 2.24) is 0 Å². The van der Waals surface area contributed by atoms with Crippen molar-refractivity contribution in [1.29, 1.82) is 0 Å². The predicted octanol–water partition coefficient (Wildman–Crippen LogP) is 2.58. The van der Waals surface area contributed by atoms with Gasteiger partial charge in [0.15, 0.2) is 5.60 Å². The first-order valence-corrected chi connectivity index (χ1v) is 5.53. The fourth-order valence-electron chi connectivity index (χ4n) is 2.28. The van der Waals surface area contributed by atoms with E-state index in [1.54, 1.807) is 0 Å². The number of carboxylic acids is 1. The Labute approximate surface area is 97.6 Å². The Morgan fingerprint density at radius 1 is 1.24 bits per heavy atom. The molecular formula is C11H17F3O3. The molecule has 0 aromatic rings. The van der Waals surface area contributed by atoms with E-state index in [-0.39, 0.29) is 18.8 Å². The van der Waals surface area contributed by atoms with Gasteiger partial charge in [0.25, 0.3) is 0 Å². The monoisotopic (exact) mass is 254 g/mol. The molecule has 0 atom stereocenters. The van der Waals surface area contributed by atoms with Gasteiger partial charge in [-0.1, -0.05) is 0 Å². The van der Waals surface area contributed by atoms with E-state index in [9.17, 15) is 23.1 Å². The van der Waals surface area contributed by atoms with Gasteiger partial charge in [-0.3, -0.25) is 4.79 Å². The smallest absolute Gasteiger partial charge is 0.417 e. The van der Waals surface area contributed by atoms with Gasteiger partial charge < -0.3 is 10.2 Å². The van der Waals surface area contributed by atoms with Gasteiger partial charge in [0, 0.05) is 0 Å². The van der Waals surface area contributed by atoms with Crippen LogP contribution < -0.4 is 0 Å². The molecule has 3 nitrogen and oxygen atoms in total. The molecule has 1 aliphatic rings. The third-order valence-electron chi connectivity index (χ3n) is 3.91. The van der Waals surface area contributed by atoms with Crippen LogP contribution in [0, 0.1) is 11.3 Å². The SMILES string of the molecule is CC(C)(C(=O)O)C1CCC(O)(C(F)(F)F)CC1. The van der Waals surface area contributed by atoms with Crippen molar-refractivity contribution >= 4 is 5.97 Å². The summed E-state index contributed by atoms with van der Waals surface area (Å²) in [5.74, 6) is -1.34. The topological polar surface area (TPSA) is 57.5 Å². The van der Waals surface area contributed by atoms with E-state index in [0.717, 1.165) is 0 Å². The zero-order valence-corrected chi connectivity index (χ0v) is 9.84. The lowest BCUT2D eigenvalue weighted by molar-refractivity contribution is -0.273. The average molecular weight is 254 g/mol. The third-order valence-corrected chi connectivity index (χ3v) is 3.91. The number of carbonyl (C=O) groups is 1. The Morgan fingerprint density at radius 3 is 1.94 bits per heavy atom. The number of hydrogen-bond acceptors (Lipinski definition) is 2. The fraction of sp³-hybridized carbons (Fsp3) is 0.909. The first-order chi connectivity index (χ1) is 7.51. The highest BCUT2D eigenvalue weighted by Gasteiger charge is 2.56. The summed E-state index contributed by atoms with van der Waals surface area (Å²) in [6.07, 6.45) is -5.31. The molecule has 1 saturated carbocycles. The quantitative estimate of drug-likeness (QED) is 0.796. The third kappa shape index (κ3) is 2.56. The van der Waals surface area contributed by atoms with Gasteiger partial charge in [-0.05, 0) is 45.4 Å². The zero-order valence-electron chi connectivity index (χ0n) is 9.84. The van der Waals surface area contributed by atoms with E-state index in [1.165, 1.54) is 13.8 Å². The lowest BCUT2D eigenvalue weighted by atomic mass is 9.67. The molecule has 0 aromatic heterocycles. The number of hydrogen-bond donors (Lipinski definition) is 2. The maximum atomic E-state index is 12.5. The van der Waals surface area contributed by atoms with Gasteiger partial charge in [0.2, 0.25) is 0 Å². The van der Waals surface area contributed by atoms with Gasteiger partial charge in [-0.15, -0.1) is 0 Å². The van der Waals surface area contributed by atoms with Crippen LogP contribution in [0.3, 0.4) is 0 Å². The van der Waals surface area contributed by atoms with Crippen LogP contribution in [-0.2, 0) is 4.79 Å². The van der Waals surface area contributed by atoms with Crippen molar-refractivity contribution in [3.63, 3.8) is 0 Å². The van der Waals surface area contributed by atoms with Gasteiger partial charge in [-0.2, -0.15) is 13.2 Å². The molecule has 0 aromatic carbocycles. The van der Waals surface area contributed by atoms with E-state index in [1.807, 2.05) is 0 Å². The summed E-state index contributed by atoms with van der Waals surface area (Å²) in [6, 6.07) is 0. The number of aliphatic carboxylic acids is 1. The molecule has 2 N–H and O–H groups in total. The zero-order chi connectivity index (χ0) is 13.5. The van der Waals surface area contributed by atoms with E-state index >= 15 is 0 Å². The number of halogens is 3. The van der Waals surface area contributed by atoms with Crippen molar-refractivity contribution in [2.75, 3.05) is 0 Å². The highest BCUT2D eigenvalue weighted by Crippen LogP contribution is 2.47. The second-order valence-electron chi connectivity index (χ2n) is 5.33. The molecule has 0 unspecified atom stereocenters. The number of alkyl halides is 3. The molecule has 0 radical (unpaired) electrons. The molecule has 1 rings (SSSR count). The van der Waals surface area contributed by atoms with Crippen molar-refractivity contribution in [2.24, 2.45) is 11.3 Å². The Bertz CT molecular complexity index is 302. The normalized spacial score (nSPS) is 31.3. The second kappa shape index (κ2) is 4.15. The first-order valence-electron chi connectivity index (χ1n) is 5.53. The summed E-state index contributed by atoms with van der Waals surface area (Å²) in [7, 11) is 0. The van der Waals surface area contributed by atoms with Crippen LogP contribution in [0.4, 0.5) is 13.2 Å². The summed E-state index contributed by atoms with van der Waals surface area (Å²) in [5.41, 5.74) is -3.69. The Morgan fingerprint density at radius 2 is 1.65 bits per heavy atom. The first kappa shape index (κ1) is 14.3. The highest BCUT2D eigenvalue weighted by atomic mass is 19.4. The molecule has 0 spiro atoms. The van der Waals surface area contributed by atoms with Crippen LogP contribution in [0.2, 0.25) is 0 Å². The van der Waals surface area contributed by atoms with Gasteiger partial charge >= 0.3 is 12.1 Å². The summed E-state index contributed by atoms with van der Waals surface area (Å²) in [5, 5.41) is 18.5. The molecule has 0 bridgehead atoms. The minimum absolute atomic E-state index is 0.0787. The van der Waals surface area contributed by atoms with E-state index in [0.29, 0.717) is 0 Å². The van der Waals surface area contributed by atoms with Crippen LogP contribution in [0.25, 0.3) is 0 Å². The molecule has 17 heavy (non-hydrogen) atoms. The number of rotatable bonds is 2. The summed E-state index contributed by atoms with van der Waals surface area (Å²) >= 11 is 0. The van der Waals surface area contributed by atoms with Crippen LogP contribution in [-0.4, -0.2) is 28.0 Å². The van der Waals surface area contributed by atoms with Crippen LogP contribution in [0.5, 0.6) is 0 Å². The van der Waals surface area contributed by atoms with E-state index < -0.39 is 36.0 Å². The lowest BCUT2D eigenvalue weighted by Gasteiger charge is -2.41. The molecular weight excluding hydrogens is 237 g/mol. The standard InChI is InChI=1S/C11H17F3O3/c1-9(2,8(15)16)7-3-5-10(17,6-4-7)11(12,13)14/h7,17H,3-6H2,1-2H3,(H,15,16). The Hall–Kier alpha value is -0.780. The summed E-state index contributed by atoms with van der Waals surface area (Å²) < 4.78 is 37.6. The van der Waals surface area contributed by atoms with E-state index in [4.69, 9.17) is 5.11 Å². The molecule has 1 aliphatic carbocycles. The summed E-state index contributed by atoms with van der Waals surface area (Å²) in [6.45, 7) is 3.02. The van der Waals surface area contributed by atoms with Crippen molar-refractivity contribution in [3.8, 4) is 0 Å². The molecule has 0 aliphatic heterocycles. The van der Waals surface area contributed by atoms with Crippen molar-refractivity contribution < 1.29 is 28.2 Å². The fourth-order valence-corrected chi connectivity index (χ4v) is 2.28. The van der Waals surface area contributed by atoms with Crippen LogP contribution >= 0.6 is 0 Å². The Kier molecular flexibility index (Phi) is 3.49. The summed E-state index contributed by atoms with van der Waals surface area (Å²) in [4.78, 5) is 11.0. The predicted molar refractivity (Wildman–Crippen MR) is 54.4 cm³/mol. The Balaban J connectivity index is 2.73. The largest absolute Gasteiger partial charge is 0.481 e. The van der Waals surface area contributed by atoms with Gasteiger partial charge in [0.1, 0.15) is 0 Å². The second-order valence-corrected chi connectivity index (χ2v) is 5.33. The molecule has 0 amide bonds. The van der Waals surface area contributed by atoms with E-state index in [2.05, 4.69) is 0 Å². The van der Waals surface area contributed by atoms with Gasteiger partial charge in [0.05, 0.1) is 5.41 Å². The van der Waals surface area contributed by atoms with Crippen molar-refractivity contribution in [3.05, 3.63) is 0 Å². The minimum Gasteiger partial charge on any atom is -0.481 e. The molecule has 1 fully saturated rings. The number of aliphatic hydroxyl groups is 1. The van der Waals surface area contributed by atoms with Crippen molar-refractivity contribution in [2.45, 2.75) is 51.3 Å². The number of carboxylic acid groups (broad SMARTS) is 1. The van der Waals surface area contributed by atoms with Crippen LogP contribution in [0.15, 0.2) is 0 Å². The lowest BCUT2D eigenvalue weighted by Crippen LogP contribution is -2.49. The average Bonchev–Trinajstić information content (AvgIpc) is 2.16. The van der Waals surface area contributed by atoms with Crippen LogP contribution in [0.1, 0.15) is 39.5 Å². The molecule has 6 heteroatoms. The maximum Gasteiger partial charge on any atom is 0.417 e. The molecule has 0 saturated heterocycles. The molecule has 100 valence electrons. The van der Waals surface area contributed by atoms with Gasteiger partial charge in [-0.25, -0.2) is 0 Å². The minimum atomic E-state index is -4.63.